The highest BCUT2D eigenvalue weighted by molar-refractivity contribution is 6.07. The molecule has 0 N–H and O–H groups in total. The zero-order chi connectivity index (χ0) is 28.8. The smallest absolute Gasteiger partial charge is 0.137 e. The minimum Gasteiger partial charge on any atom is -0.298 e. The van der Waals surface area contributed by atoms with Crippen molar-refractivity contribution in [2.75, 3.05) is 0 Å². The van der Waals surface area contributed by atoms with Gasteiger partial charge in [0.15, 0.2) is 0 Å². The summed E-state index contributed by atoms with van der Waals surface area (Å²) in [5.74, 6) is 0. The first kappa shape index (κ1) is 25.0. The molecule has 42 heavy (non-hydrogen) atoms. The van der Waals surface area contributed by atoms with Crippen LogP contribution in [0, 0.1) is 0 Å². The van der Waals surface area contributed by atoms with Gasteiger partial charge in [-0.2, -0.15) is 5.10 Å². The van der Waals surface area contributed by atoms with Gasteiger partial charge in [0, 0.05) is 27.8 Å². The summed E-state index contributed by atoms with van der Waals surface area (Å²) < 4.78 is 4.31. The van der Waals surface area contributed by atoms with E-state index in [0.717, 1.165) is 56.2 Å². The number of para-hydroxylation sites is 1. The predicted octanol–water partition coefficient (Wildman–Crippen LogP) is 8.81. The lowest BCUT2D eigenvalue weighted by atomic mass is 9.76. The lowest BCUT2D eigenvalue weighted by Gasteiger charge is -2.28. The summed E-state index contributed by atoms with van der Waals surface area (Å²) in [4.78, 5) is 10.5. The van der Waals surface area contributed by atoms with Crippen molar-refractivity contribution in [2.24, 2.45) is 0 Å². The summed E-state index contributed by atoms with van der Waals surface area (Å²) >= 11 is 0. The van der Waals surface area contributed by atoms with Crippen LogP contribution in [0.15, 0.2) is 97.2 Å². The molecule has 0 fully saturated rings. The van der Waals surface area contributed by atoms with Crippen LogP contribution in [0.25, 0.3) is 54.9 Å². The van der Waals surface area contributed by atoms with Crippen molar-refractivity contribution < 1.29 is 0 Å². The average molecular weight is 548 g/mol. The molecule has 0 saturated carbocycles. The average Bonchev–Trinajstić information content (AvgIpc) is 3.55. The minimum atomic E-state index is -0.185. The number of fused-ring (bicyclic) bond motifs is 10. The first-order chi connectivity index (χ1) is 20.2. The zero-order valence-electron chi connectivity index (χ0n) is 24.7. The van der Waals surface area contributed by atoms with E-state index in [1.165, 1.54) is 21.9 Å². The normalized spacial score (nSPS) is 13.0. The van der Waals surface area contributed by atoms with E-state index in [0.29, 0.717) is 0 Å². The fourth-order valence-electron chi connectivity index (χ4n) is 6.80. The van der Waals surface area contributed by atoms with Crippen LogP contribution in [0.2, 0.25) is 0 Å². The molecule has 0 radical (unpaired) electrons. The molecule has 3 aromatic carbocycles. The third-order valence-corrected chi connectivity index (χ3v) is 8.74. The van der Waals surface area contributed by atoms with Gasteiger partial charge in [-0.3, -0.25) is 4.40 Å². The topological polar surface area (TPSA) is 47.5 Å². The van der Waals surface area contributed by atoms with Crippen molar-refractivity contribution >= 4 is 54.9 Å². The maximum absolute atomic E-state index is 5.31. The second-order valence-corrected chi connectivity index (χ2v) is 13.2. The molecule has 5 heterocycles. The Bertz CT molecular complexity index is 2350. The van der Waals surface area contributed by atoms with E-state index >= 15 is 0 Å². The van der Waals surface area contributed by atoms with E-state index in [2.05, 4.69) is 141 Å². The van der Waals surface area contributed by atoms with Gasteiger partial charge in [0.2, 0.25) is 0 Å². The Kier molecular flexibility index (Phi) is 5.13. The Hall–Kier alpha value is -4.77. The Morgan fingerprint density at radius 1 is 0.690 bits per heavy atom. The molecular formula is C37H33N5. The van der Waals surface area contributed by atoms with Gasteiger partial charge in [-0.05, 0) is 59.4 Å². The molecule has 0 aliphatic heterocycles. The molecule has 0 saturated heterocycles. The molecule has 0 unspecified atom stereocenters. The SMILES string of the molecule is CC(C)(C)c1nc2cccc(CC(C)(C)c3cc4c5ccccc5nn4c4ccccc34)c2c2nc3ccccn3c12. The standard InChI is InChI=1S/C37H33N5/c1-36(2,3)35-34-33(39-31-19-10-11-20-41(31)34)32-23(13-12-17-28(32)38-35)22-37(4,5)26-21-30-25-15-6-8-16-27(25)40-42(30)29-18-9-7-14-24(26)29/h6-21H,22H2,1-5H3. The van der Waals surface area contributed by atoms with E-state index in [4.69, 9.17) is 15.1 Å². The zero-order valence-corrected chi connectivity index (χ0v) is 24.7. The van der Waals surface area contributed by atoms with E-state index in [-0.39, 0.29) is 10.8 Å². The Morgan fingerprint density at radius 2 is 1.43 bits per heavy atom. The van der Waals surface area contributed by atoms with Gasteiger partial charge in [0.05, 0.1) is 33.3 Å². The summed E-state index contributed by atoms with van der Waals surface area (Å²) in [7, 11) is 0. The molecule has 0 spiro atoms. The van der Waals surface area contributed by atoms with Crippen LogP contribution in [0.3, 0.4) is 0 Å². The molecule has 8 aromatic rings. The third-order valence-electron chi connectivity index (χ3n) is 8.74. The van der Waals surface area contributed by atoms with Crippen molar-refractivity contribution in [3.63, 3.8) is 0 Å². The van der Waals surface area contributed by atoms with Gasteiger partial charge in [0.25, 0.3) is 0 Å². The molecule has 0 atom stereocenters. The Labute approximate surface area is 244 Å². The van der Waals surface area contributed by atoms with E-state index in [1.807, 2.05) is 0 Å². The second-order valence-electron chi connectivity index (χ2n) is 13.2. The monoisotopic (exact) mass is 547 g/mol. The highest BCUT2D eigenvalue weighted by Crippen LogP contribution is 2.40. The Morgan fingerprint density at radius 3 is 2.26 bits per heavy atom. The van der Waals surface area contributed by atoms with Gasteiger partial charge in [0.1, 0.15) is 11.2 Å². The van der Waals surface area contributed by atoms with Crippen molar-refractivity contribution in [1.29, 1.82) is 0 Å². The van der Waals surface area contributed by atoms with Crippen LogP contribution in [0.4, 0.5) is 0 Å². The van der Waals surface area contributed by atoms with Crippen LogP contribution in [0.5, 0.6) is 0 Å². The molecule has 8 rings (SSSR count). The molecule has 0 amide bonds. The molecule has 206 valence electrons. The van der Waals surface area contributed by atoms with Crippen LogP contribution < -0.4 is 0 Å². The molecule has 0 bridgehead atoms. The quantitative estimate of drug-likeness (QED) is 0.222. The second kappa shape index (κ2) is 8.62. The lowest BCUT2D eigenvalue weighted by molar-refractivity contribution is 0.529. The fourth-order valence-corrected chi connectivity index (χ4v) is 6.80. The molecule has 5 heteroatoms. The molecule has 5 aromatic heterocycles. The number of aromatic nitrogens is 5. The number of hydrogen-bond acceptors (Lipinski definition) is 3. The summed E-state index contributed by atoms with van der Waals surface area (Å²) in [6, 6.07) is 32.2. The lowest BCUT2D eigenvalue weighted by Crippen LogP contribution is -2.22. The van der Waals surface area contributed by atoms with Gasteiger partial charge >= 0.3 is 0 Å². The number of benzene rings is 3. The van der Waals surface area contributed by atoms with E-state index in [9.17, 15) is 0 Å². The van der Waals surface area contributed by atoms with Gasteiger partial charge in [-0.15, -0.1) is 0 Å². The largest absolute Gasteiger partial charge is 0.298 e. The molecular weight excluding hydrogens is 514 g/mol. The van der Waals surface area contributed by atoms with Crippen molar-refractivity contribution in [3.8, 4) is 0 Å². The number of nitrogens with zero attached hydrogens (tertiary/aromatic N) is 5. The number of hydrogen-bond donors (Lipinski definition) is 0. The minimum absolute atomic E-state index is 0.129. The molecule has 0 aliphatic carbocycles. The van der Waals surface area contributed by atoms with Crippen molar-refractivity contribution in [1.82, 2.24) is 24.0 Å². The maximum Gasteiger partial charge on any atom is 0.137 e. The maximum atomic E-state index is 5.31. The van der Waals surface area contributed by atoms with Crippen molar-refractivity contribution in [3.05, 3.63) is 114 Å². The highest BCUT2D eigenvalue weighted by Gasteiger charge is 2.29. The number of pyridine rings is 3. The fraction of sp³-hybridized carbons (Fsp3) is 0.216. The Balaban J connectivity index is 1.39. The van der Waals surface area contributed by atoms with Crippen LogP contribution in [-0.2, 0) is 17.3 Å². The number of rotatable bonds is 3. The van der Waals surface area contributed by atoms with Crippen molar-refractivity contribution in [2.45, 2.75) is 51.9 Å². The summed E-state index contributed by atoms with van der Waals surface area (Å²) in [6.45, 7) is 11.4. The predicted molar refractivity (Wildman–Crippen MR) is 174 cm³/mol. The highest BCUT2D eigenvalue weighted by atomic mass is 15.2. The van der Waals surface area contributed by atoms with E-state index in [1.54, 1.807) is 0 Å². The summed E-state index contributed by atoms with van der Waals surface area (Å²) in [6.07, 6.45) is 2.95. The van der Waals surface area contributed by atoms with E-state index < -0.39 is 0 Å². The van der Waals surface area contributed by atoms with Crippen LogP contribution in [0.1, 0.15) is 51.4 Å². The van der Waals surface area contributed by atoms with Crippen LogP contribution >= 0.6 is 0 Å². The first-order valence-electron chi connectivity index (χ1n) is 14.7. The summed E-state index contributed by atoms with van der Waals surface area (Å²) in [5.41, 5.74) is 10.7. The van der Waals surface area contributed by atoms with Gasteiger partial charge < -0.3 is 0 Å². The van der Waals surface area contributed by atoms with Crippen LogP contribution in [-0.4, -0.2) is 24.0 Å². The number of imidazole rings is 1. The molecule has 0 aliphatic rings. The molecule has 5 nitrogen and oxygen atoms in total. The van der Waals surface area contributed by atoms with Gasteiger partial charge in [-0.25, -0.2) is 14.5 Å². The third kappa shape index (κ3) is 3.59. The summed E-state index contributed by atoms with van der Waals surface area (Å²) in [5, 5.41) is 8.53. The van der Waals surface area contributed by atoms with Gasteiger partial charge in [-0.1, -0.05) is 89.2 Å². The first-order valence-corrected chi connectivity index (χ1v) is 14.7.